The van der Waals surface area contributed by atoms with E-state index in [2.05, 4.69) is 20.9 Å². The quantitative estimate of drug-likeness (QED) is 0.547. The number of H-pyrrole nitrogens is 1. The van der Waals surface area contributed by atoms with Crippen molar-refractivity contribution in [1.29, 1.82) is 0 Å². The molecule has 3 atom stereocenters. The van der Waals surface area contributed by atoms with Gasteiger partial charge in [0, 0.05) is 20.8 Å². The Morgan fingerprint density at radius 2 is 1.77 bits per heavy atom. The van der Waals surface area contributed by atoms with Gasteiger partial charge in [0.2, 0.25) is 11.8 Å². The van der Waals surface area contributed by atoms with E-state index in [4.69, 9.17) is 4.74 Å². The summed E-state index contributed by atoms with van der Waals surface area (Å²) in [6, 6.07) is 14.5. The monoisotopic (exact) mass is 502 g/mol. The molecule has 152 valence electrons. The zero-order valence-electron chi connectivity index (χ0n) is 15.6. The summed E-state index contributed by atoms with van der Waals surface area (Å²) in [6.45, 7) is 0. The first-order valence-corrected chi connectivity index (χ1v) is 11.6. The van der Waals surface area contributed by atoms with Gasteiger partial charge in [-0.25, -0.2) is 4.90 Å². The van der Waals surface area contributed by atoms with Crippen molar-refractivity contribution in [3.05, 3.63) is 73.1 Å². The summed E-state index contributed by atoms with van der Waals surface area (Å²) in [4.78, 5) is 43.7. The SMILES string of the molecule is COc1ccccc1[C@@H]1c2sc(=O)[nH]c2S[C@H]2C(=O)N(c3ccc(Br)cc3)C(=O)[C@@H]12. The zero-order valence-corrected chi connectivity index (χ0v) is 18.8. The lowest BCUT2D eigenvalue weighted by atomic mass is 9.82. The van der Waals surface area contributed by atoms with Crippen molar-refractivity contribution in [1.82, 2.24) is 4.98 Å². The minimum absolute atomic E-state index is 0.197. The number of hydrogen-bond donors (Lipinski definition) is 1. The van der Waals surface area contributed by atoms with Crippen LogP contribution in [0.4, 0.5) is 5.69 Å². The zero-order chi connectivity index (χ0) is 21.0. The molecule has 1 N–H and O–H groups in total. The highest BCUT2D eigenvalue weighted by molar-refractivity contribution is 9.10. The first-order chi connectivity index (χ1) is 14.5. The van der Waals surface area contributed by atoms with Crippen LogP contribution in [-0.4, -0.2) is 29.2 Å². The molecule has 0 unspecified atom stereocenters. The van der Waals surface area contributed by atoms with E-state index in [0.29, 0.717) is 16.5 Å². The topological polar surface area (TPSA) is 79.5 Å². The van der Waals surface area contributed by atoms with E-state index < -0.39 is 17.1 Å². The van der Waals surface area contributed by atoms with E-state index in [1.807, 2.05) is 24.3 Å². The van der Waals surface area contributed by atoms with E-state index in [1.165, 1.54) is 16.7 Å². The molecule has 2 aliphatic heterocycles. The summed E-state index contributed by atoms with van der Waals surface area (Å²) < 4.78 is 6.41. The number of aromatic nitrogens is 1. The maximum absolute atomic E-state index is 13.6. The molecule has 1 aromatic heterocycles. The molecule has 0 aliphatic carbocycles. The standard InChI is InChI=1S/C21H15BrN2O4S2/c1-28-13-5-3-2-4-12(13)14-15-17(29-18-16(14)30-21(27)23-18)20(26)24(19(15)25)11-8-6-10(22)7-9-11/h2-9,14-15,17H,1H3,(H,23,27)/t14-,15-,17+/m0/s1. The van der Waals surface area contributed by atoms with Crippen LogP contribution in [0.25, 0.3) is 0 Å². The van der Waals surface area contributed by atoms with Gasteiger partial charge < -0.3 is 9.72 Å². The van der Waals surface area contributed by atoms with Gasteiger partial charge in [0.15, 0.2) is 0 Å². The second kappa shape index (κ2) is 7.40. The second-order valence-corrected chi connectivity index (χ2v) is 10.1. The predicted octanol–water partition coefficient (Wildman–Crippen LogP) is 4.00. The summed E-state index contributed by atoms with van der Waals surface area (Å²) >= 11 is 5.74. The van der Waals surface area contributed by atoms with Gasteiger partial charge in [-0.3, -0.25) is 14.4 Å². The number of amides is 2. The molecule has 2 aliphatic rings. The summed E-state index contributed by atoms with van der Waals surface area (Å²) in [5, 5.41) is 0.0368. The molecule has 0 radical (unpaired) electrons. The number of para-hydroxylation sites is 1. The number of aromatic amines is 1. The second-order valence-electron chi connectivity index (χ2n) is 6.98. The summed E-state index contributed by atoms with van der Waals surface area (Å²) in [5.41, 5.74) is 1.34. The Morgan fingerprint density at radius 3 is 2.50 bits per heavy atom. The van der Waals surface area contributed by atoms with Crippen LogP contribution in [0.5, 0.6) is 5.75 Å². The lowest BCUT2D eigenvalue weighted by Crippen LogP contribution is -2.32. The molecule has 0 spiro atoms. The molecule has 3 aromatic rings. The number of rotatable bonds is 3. The van der Waals surface area contributed by atoms with Crippen molar-refractivity contribution in [3.63, 3.8) is 0 Å². The number of imide groups is 1. The number of carbonyl (C=O) groups excluding carboxylic acids is 2. The third-order valence-electron chi connectivity index (χ3n) is 5.38. The number of fused-ring (bicyclic) bond motifs is 2. The Balaban J connectivity index is 1.67. The number of nitrogens with zero attached hydrogens (tertiary/aromatic N) is 1. The van der Waals surface area contributed by atoms with Gasteiger partial charge in [0.05, 0.1) is 23.7 Å². The number of halogens is 1. The fourth-order valence-corrected chi connectivity index (χ4v) is 6.89. The molecule has 5 rings (SSSR count). The third kappa shape index (κ3) is 2.95. The van der Waals surface area contributed by atoms with Gasteiger partial charge in [-0.05, 0) is 30.3 Å². The molecular formula is C21H15BrN2O4S2. The van der Waals surface area contributed by atoms with Crippen LogP contribution in [-0.2, 0) is 9.59 Å². The van der Waals surface area contributed by atoms with Crippen LogP contribution >= 0.6 is 39.0 Å². The number of anilines is 1. The van der Waals surface area contributed by atoms with Crippen LogP contribution in [0.3, 0.4) is 0 Å². The minimum atomic E-state index is -0.624. The fourth-order valence-electron chi connectivity index (χ4n) is 4.12. The molecule has 1 saturated heterocycles. The van der Waals surface area contributed by atoms with E-state index in [-0.39, 0.29) is 16.7 Å². The molecule has 3 heterocycles. The molecule has 0 bridgehead atoms. The van der Waals surface area contributed by atoms with Crippen molar-refractivity contribution >= 4 is 56.5 Å². The molecule has 1 fully saturated rings. The molecule has 2 amide bonds. The summed E-state index contributed by atoms with van der Waals surface area (Å²) in [7, 11) is 1.57. The molecule has 6 nitrogen and oxygen atoms in total. The normalized spacial score (nSPS) is 22.7. The van der Waals surface area contributed by atoms with Crippen molar-refractivity contribution in [2.24, 2.45) is 5.92 Å². The van der Waals surface area contributed by atoms with Crippen molar-refractivity contribution < 1.29 is 14.3 Å². The van der Waals surface area contributed by atoms with E-state index in [9.17, 15) is 14.4 Å². The van der Waals surface area contributed by atoms with Gasteiger partial charge >= 0.3 is 4.87 Å². The van der Waals surface area contributed by atoms with Crippen LogP contribution < -0.4 is 14.5 Å². The highest BCUT2D eigenvalue weighted by atomic mass is 79.9. The van der Waals surface area contributed by atoms with Gasteiger partial charge in [-0.2, -0.15) is 0 Å². The van der Waals surface area contributed by atoms with Gasteiger partial charge in [0.1, 0.15) is 11.0 Å². The van der Waals surface area contributed by atoms with Crippen LogP contribution in [0, 0.1) is 5.92 Å². The first kappa shape index (κ1) is 19.6. The number of methoxy groups -OCH3 is 1. The highest BCUT2D eigenvalue weighted by Gasteiger charge is 2.56. The van der Waals surface area contributed by atoms with Crippen LogP contribution in [0.2, 0.25) is 0 Å². The Morgan fingerprint density at radius 1 is 1.03 bits per heavy atom. The number of hydrogen-bond acceptors (Lipinski definition) is 6. The van der Waals surface area contributed by atoms with Crippen LogP contribution in [0.15, 0.2) is 62.8 Å². The largest absolute Gasteiger partial charge is 0.496 e. The fraction of sp³-hybridized carbons (Fsp3) is 0.190. The number of benzene rings is 2. The average Bonchev–Trinajstić information content (AvgIpc) is 3.24. The van der Waals surface area contributed by atoms with Crippen molar-refractivity contribution in [2.45, 2.75) is 16.2 Å². The lowest BCUT2D eigenvalue weighted by molar-refractivity contribution is -0.122. The molecule has 0 saturated carbocycles. The Hall–Kier alpha value is -2.36. The Labute approximate surface area is 188 Å². The lowest BCUT2D eigenvalue weighted by Gasteiger charge is -2.30. The van der Waals surface area contributed by atoms with E-state index >= 15 is 0 Å². The number of thiazole rings is 1. The highest BCUT2D eigenvalue weighted by Crippen LogP contribution is 2.54. The van der Waals surface area contributed by atoms with Crippen molar-refractivity contribution in [3.8, 4) is 5.75 Å². The molecule has 30 heavy (non-hydrogen) atoms. The van der Waals surface area contributed by atoms with Crippen LogP contribution in [0.1, 0.15) is 16.4 Å². The van der Waals surface area contributed by atoms with E-state index in [0.717, 1.165) is 26.3 Å². The maximum Gasteiger partial charge on any atom is 0.305 e. The number of ether oxygens (including phenoxy) is 1. The molecule has 2 aromatic carbocycles. The maximum atomic E-state index is 13.6. The predicted molar refractivity (Wildman–Crippen MR) is 120 cm³/mol. The van der Waals surface area contributed by atoms with Crippen molar-refractivity contribution in [2.75, 3.05) is 12.0 Å². The number of carbonyl (C=O) groups is 2. The first-order valence-electron chi connectivity index (χ1n) is 9.15. The molecule has 9 heteroatoms. The minimum Gasteiger partial charge on any atom is -0.496 e. The summed E-state index contributed by atoms with van der Waals surface area (Å²) in [6.07, 6.45) is 0. The summed E-state index contributed by atoms with van der Waals surface area (Å²) in [5.74, 6) is -0.968. The van der Waals surface area contributed by atoms with Gasteiger partial charge in [-0.1, -0.05) is 57.2 Å². The molecular weight excluding hydrogens is 488 g/mol. The van der Waals surface area contributed by atoms with Gasteiger partial charge in [0.25, 0.3) is 0 Å². The van der Waals surface area contributed by atoms with E-state index in [1.54, 1.807) is 31.4 Å². The Bertz CT molecular complexity index is 1220. The Kier molecular flexibility index (Phi) is 4.83. The average molecular weight is 503 g/mol. The third-order valence-corrected chi connectivity index (χ3v) is 8.31. The van der Waals surface area contributed by atoms with Gasteiger partial charge in [-0.15, -0.1) is 0 Å². The number of thioether (sulfide) groups is 1. The number of nitrogens with one attached hydrogen (secondary N) is 1. The smallest absolute Gasteiger partial charge is 0.305 e.